The van der Waals surface area contributed by atoms with Crippen LogP contribution < -0.4 is 9.47 Å². The zero-order chi connectivity index (χ0) is 23.9. The van der Waals surface area contributed by atoms with Crippen molar-refractivity contribution in [3.63, 3.8) is 0 Å². The average Bonchev–Trinajstić information content (AvgIpc) is 2.91. The molecular formula is C27H25N3O5. The lowest BCUT2D eigenvalue weighted by Gasteiger charge is -2.38. The van der Waals surface area contributed by atoms with Gasteiger partial charge in [0, 0.05) is 55.8 Å². The van der Waals surface area contributed by atoms with Gasteiger partial charge in [0.2, 0.25) is 6.10 Å². The first-order chi connectivity index (χ1) is 17.1. The molecule has 8 heteroatoms. The Kier molecular flexibility index (Phi) is 5.37. The maximum atomic E-state index is 13.1. The molecule has 3 aliphatic rings. The number of hydrogen-bond donors (Lipinski definition) is 0. The monoisotopic (exact) mass is 471 g/mol. The molecule has 35 heavy (non-hydrogen) atoms. The molecule has 0 spiro atoms. The van der Waals surface area contributed by atoms with Gasteiger partial charge in [0.25, 0.3) is 17.7 Å². The molecule has 0 N–H and O–H groups in total. The molecule has 0 saturated carbocycles. The largest absolute Gasteiger partial charge is 0.485 e. The van der Waals surface area contributed by atoms with Crippen LogP contribution in [0.25, 0.3) is 10.8 Å². The number of hydrogen-bond acceptors (Lipinski definition) is 6. The first kappa shape index (κ1) is 21.6. The summed E-state index contributed by atoms with van der Waals surface area (Å²) in [5.74, 6) is 0.668. The van der Waals surface area contributed by atoms with E-state index in [1.165, 1.54) is 4.90 Å². The van der Waals surface area contributed by atoms with E-state index in [0.29, 0.717) is 61.9 Å². The molecule has 3 heterocycles. The van der Waals surface area contributed by atoms with Gasteiger partial charge in [-0.1, -0.05) is 36.4 Å². The second kappa shape index (κ2) is 8.70. The smallest absolute Gasteiger partial charge is 0.267 e. The summed E-state index contributed by atoms with van der Waals surface area (Å²) in [7, 11) is 0. The maximum absolute atomic E-state index is 13.1. The van der Waals surface area contributed by atoms with Crippen molar-refractivity contribution in [2.24, 2.45) is 0 Å². The number of carbonyl (C=O) groups is 3. The zero-order valence-corrected chi connectivity index (χ0v) is 19.2. The Balaban J connectivity index is 1.06. The molecule has 3 aromatic carbocycles. The Morgan fingerprint density at radius 2 is 1.46 bits per heavy atom. The van der Waals surface area contributed by atoms with Crippen LogP contribution in [0.5, 0.6) is 11.5 Å². The highest BCUT2D eigenvalue weighted by atomic mass is 16.6. The molecule has 8 nitrogen and oxygen atoms in total. The summed E-state index contributed by atoms with van der Waals surface area (Å²) in [6, 6.07) is 18.5. The van der Waals surface area contributed by atoms with Crippen LogP contribution in [-0.2, 0) is 4.79 Å². The van der Waals surface area contributed by atoms with Crippen molar-refractivity contribution in [1.82, 2.24) is 14.7 Å². The number of imide groups is 1. The molecule has 6 rings (SSSR count). The lowest BCUT2D eigenvalue weighted by Crippen LogP contribution is -2.55. The first-order valence-electron chi connectivity index (χ1n) is 11.9. The third-order valence-corrected chi connectivity index (χ3v) is 6.96. The number of piperazine rings is 1. The van der Waals surface area contributed by atoms with E-state index >= 15 is 0 Å². The van der Waals surface area contributed by atoms with Crippen LogP contribution >= 0.6 is 0 Å². The van der Waals surface area contributed by atoms with E-state index in [0.717, 1.165) is 10.8 Å². The fraction of sp³-hybridized carbons (Fsp3) is 0.296. The van der Waals surface area contributed by atoms with Gasteiger partial charge >= 0.3 is 0 Å². The van der Waals surface area contributed by atoms with Crippen molar-refractivity contribution in [3.05, 3.63) is 71.8 Å². The number of amides is 3. The van der Waals surface area contributed by atoms with Crippen molar-refractivity contribution in [3.8, 4) is 11.5 Å². The fourth-order valence-corrected chi connectivity index (χ4v) is 5.06. The van der Waals surface area contributed by atoms with E-state index in [-0.39, 0.29) is 24.3 Å². The summed E-state index contributed by atoms with van der Waals surface area (Å²) in [6.45, 7) is 3.52. The van der Waals surface area contributed by atoms with Gasteiger partial charge in [-0.25, -0.2) is 0 Å². The summed E-state index contributed by atoms with van der Waals surface area (Å²) in [4.78, 5) is 44.5. The summed E-state index contributed by atoms with van der Waals surface area (Å²) in [5.41, 5.74) is 1.15. The maximum Gasteiger partial charge on any atom is 0.267 e. The average molecular weight is 472 g/mol. The molecule has 1 atom stereocenters. The summed E-state index contributed by atoms with van der Waals surface area (Å²) >= 11 is 0. The van der Waals surface area contributed by atoms with E-state index in [9.17, 15) is 14.4 Å². The minimum atomic E-state index is -0.650. The third kappa shape index (κ3) is 3.80. The van der Waals surface area contributed by atoms with Gasteiger partial charge in [-0.15, -0.1) is 0 Å². The Morgan fingerprint density at radius 3 is 2.14 bits per heavy atom. The molecule has 0 radical (unpaired) electrons. The van der Waals surface area contributed by atoms with Crippen LogP contribution in [0.1, 0.15) is 20.7 Å². The Morgan fingerprint density at radius 1 is 0.800 bits per heavy atom. The molecule has 3 amide bonds. The molecule has 0 aromatic heterocycles. The first-order valence-corrected chi connectivity index (χ1v) is 11.9. The highest BCUT2D eigenvalue weighted by Crippen LogP contribution is 2.32. The summed E-state index contributed by atoms with van der Waals surface area (Å²) in [6.07, 6.45) is -0.650. The predicted molar refractivity (Wildman–Crippen MR) is 129 cm³/mol. The molecular weight excluding hydrogens is 446 g/mol. The van der Waals surface area contributed by atoms with Crippen molar-refractivity contribution in [1.29, 1.82) is 0 Å². The van der Waals surface area contributed by atoms with E-state index in [2.05, 4.69) is 4.90 Å². The second-order valence-corrected chi connectivity index (χ2v) is 9.00. The van der Waals surface area contributed by atoms with Gasteiger partial charge in [0.15, 0.2) is 11.5 Å². The van der Waals surface area contributed by atoms with Gasteiger partial charge in [0.1, 0.15) is 6.61 Å². The standard InChI is InChI=1S/C27H25N3O5/c31-25-19-7-3-5-18-6-4-8-20(24(18)19)26(32)30(25)16-13-28-11-14-29(15-12-28)27(33)23-17-34-21-9-1-2-10-22(21)35-23/h1-10,23H,11-17H2. The molecule has 0 bridgehead atoms. The van der Waals surface area contributed by atoms with Crippen molar-refractivity contribution in [2.45, 2.75) is 6.10 Å². The van der Waals surface area contributed by atoms with Gasteiger partial charge in [-0.2, -0.15) is 0 Å². The second-order valence-electron chi connectivity index (χ2n) is 9.00. The number of benzene rings is 3. The SMILES string of the molecule is O=C(C1COc2ccccc2O1)N1CCN(CCN2C(=O)c3cccc4cccc(c34)C2=O)CC1. The molecule has 3 aliphatic heterocycles. The van der Waals surface area contributed by atoms with Crippen LogP contribution in [0.4, 0.5) is 0 Å². The summed E-state index contributed by atoms with van der Waals surface area (Å²) in [5, 5.41) is 1.64. The van der Waals surface area contributed by atoms with Crippen LogP contribution in [0.3, 0.4) is 0 Å². The number of ether oxygens (including phenoxy) is 2. The Hall–Kier alpha value is -3.91. The van der Waals surface area contributed by atoms with Crippen LogP contribution in [-0.4, -0.2) is 84.4 Å². The molecule has 0 aliphatic carbocycles. The van der Waals surface area contributed by atoms with Gasteiger partial charge < -0.3 is 14.4 Å². The third-order valence-electron chi connectivity index (χ3n) is 6.96. The zero-order valence-electron chi connectivity index (χ0n) is 19.2. The van der Waals surface area contributed by atoms with E-state index in [1.807, 2.05) is 42.5 Å². The lowest BCUT2D eigenvalue weighted by molar-refractivity contribution is -0.143. The molecule has 3 aromatic rings. The van der Waals surface area contributed by atoms with Crippen molar-refractivity contribution >= 4 is 28.5 Å². The minimum Gasteiger partial charge on any atom is -0.485 e. The predicted octanol–water partition coefficient (Wildman–Crippen LogP) is 2.42. The highest BCUT2D eigenvalue weighted by molar-refractivity contribution is 6.25. The molecule has 178 valence electrons. The fourth-order valence-electron chi connectivity index (χ4n) is 5.06. The molecule has 1 fully saturated rings. The van der Waals surface area contributed by atoms with Gasteiger partial charge in [-0.05, 0) is 29.7 Å². The lowest BCUT2D eigenvalue weighted by atomic mass is 9.94. The van der Waals surface area contributed by atoms with E-state index in [4.69, 9.17) is 9.47 Å². The quantitative estimate of drug-likeness (QED) is 0.544. The van der Waals surface area contributed by atoms with Crippen LogP contribution in [0, 0.1) is 0 Å². The number of rotatable bonds is 4. The van der Waals surface area contributed by atoms with E-state index < -0.39 is 6.10 Å². The normalized spacial score (nSPS) is 19.8. The Labute approximate surface area is 202 Å². The van der Waals surface area contributed by atoms with Crippen molar-refractivity contribution in [2.75, 3.05) is 45.9 Å². The highest BCUT2D eigenvalue weighted by Gasteiger charge is 2.35. The van der Waals surface area contributed by atoms with Crippen molar-refractivity contribution < 1.29 is 23.9 Å². The number of fused-ring (bicyclic) bond motifs is 1. The number of nitrogens with zero attached hydrogens (tertiary/aromatic N) is 3. The number of para-hydroxylation sites is 2. The van der Waals surface area contributed by atoms with E-state index in [1.54, 1.807) is 23.1 Å². The Bertz CT molecular complexity index is 1280. The van der Waals surface area contributed by atoms with Crippen LogP contribution in [0.2, 0.25) is 0 Å². The number of carbonyl (C=O) groups excluding carboxylic acids is 3. The molecule has 1 unspecified atom stereocenters. The van der Waals surface area contributed by atoms with Crippen LogP contribution in [0.15, 0.2) is 60.7 Å². The van der Waals surface area contributed by atoms with Gasteiger partial charge in [0.05, 0.1) is 0 Å². The minimum absolute atomic E-state index is 0.0785. The molecule has 1 saturated heterocycles. The van der Waals surface area contributed by atoms with Gasteiger partial charge in [-0.3, -0.25) is 24.2 Å². The topological polar surface area (TPSA) is 79.4 Å². The summed E-state index contributed by atoms with van der Waals surface area (Å²) < 4.78 is 11.6.